The Hall–Kier alpha value is -2.25. The van der Waals surface area contributed by atoms with Gasteiger partial charge in [0.15, 0.2) is 0 Å². The smallest absolute Gasteiger partial charge is 0.335 e. The third-order valence-electron chi connectivity index (χ3n) is 5.66. The van der Waals surface area contributed by atoms with Crippen LogP contribution in [0.5, 0.6) is 0 Å². The molecule has 2 fully saturated rings. The molecule has 1 atom stereocenters. The number of likely N-dealkylation sites (tertiary alicyclic amines) is 2. The van der Waals surface area contributed by atoms with Crippen molar-refractivity contribution in [2.24, 2.45) is 0 Å². The number of carboxylic acid groups (broad SMARTS) is 1. The SMILES string of the molecule is O=C(O)c1ccc(C2CCCN(C(=O)c3cnc(CN4CCCC4)s3)C2)cc1. The Kier molecular flexibility index (Phi) is 5.73. The summed E-state index contributed by atoms with van der Waals surface area (Å²) in [5.74, 6) is -0.600. The first-order valence-electron chi connectivity index (χ1n) is 9.90. The first-order chi connectivity index (χ1) is 13.6. The quantitative estimate of drug-likeness (QED) is 0.834. The molecule has 2 aliphatic rings. The van der Waals surface area contributed by atoms with Gasteiger partial charge in [0.2, 0.25) is 0 Å². The van der Waals surface area contributed by atoms with Crippen LogP contribution in [0.25, 0.3) is 0 Å². The summed E-state index contributed by atoms with van der Waals surface area (Å²) in [6.07, 6.45) is 6.19. The zero-order chi connectivity index (χ0) is 19.5. The molecule has 2 aliphatic heterocycles. The Bertz CT molecular complexity index is 843. The molecule has 3 heterocycles. The minimum atomic E-state index is -0.915. The molecule has 7 heteroatoms. The van der Waals surface area contributed by atoms with Crippen LogP contribution in [-0.2, 0) is 6.54 Å². The van der Waals surface area contributed by atoms with Crippen LogP contribution >= 0.6 is 11.3 Å². The van der Waals surface area contributed by atoms with Crippen molar-refractivity contribution < 1.29 is 14.7 Å². The number of hydrogen-bond acceptors (Lipinski definition) is 5. The van der Waals surface area contributed by atoms with E-state index in [0.29, 0.717) is 12.1 Å². The van der Waals surface area contributed by atoms with Gasteiger partial charge in [0, 0.05) is 19.0 Å². The third kappa shape index (κ3) is 4.25. The predicted octanol–water partition coefficient (Wildman–Crippen LogP) is 3.46. The summed E-state index contributed by atoms with van der Waals surface area (Å²) in [5, 5.41) is 10.1. The van der Waals surface area contributed by atoms with Gasteiger partial charge in [0.05, 0.1) is 18.3 Å². The van der Waals surface area contributed by atoms with Crippen LogP contribution in [0.3, 0.4) is 0 Å². The normalized spacial score (nSPS) is 20.4. The lowest BCUT2D eigenvalue weighted by atomic mass is 9.90. The average molecular weight is 400 g/mol. The number of benzene rings is 1. The molecule has 4 rings (SSSR count). The Morgan fingerprint density at radius 1 is 1.11 bits per heavy atom. The molecule has 28 heavy (non-hydrogen) atoms. The third-order valence-corrected chi connectivity index (χ3v) is 6.63. The number of nitrogens with zero attached hydrogens (tertiary/aromatic N) is 3. The topological polar surface area (TPSA) is 73.7 Å². The number of carbonyl (C=O) groups excluding carboxylic acids is 1. The molecule has 0 bridgehead atoms. The molecule has 0 spiro atoms. The Balaban J connectivity index is 1.40. The van der Waals surface area contributed by atoms with Gasteiger partial charge in [-0.15, -0.1) is 11.3 Å². The fraction of sp³-hybridized carbons (Fsp3) is 0.476. The van der Waals surface area contributed by atoms with Crippen molar-refractivity contribution in [2.45, 2.75) is 38.1 Å². The highest BCUT2D eigenvalue weighted by atomic mass is 32.1. The number of carboxylic acids is 1. The van der Waals surface area contributed by atoms with E-state index in [2.05, 4.69) is 9.88 Å². The summed E-state index contributed by atoms with van der Waals surface area (Å²) in [5.41, 5.74) is 1.39. The fourth-order valence-corrected chi connectivity index (χ4v) is 5.03. The van der Waals surface area contributed by atoms with Gasteiger partial charge in [0.25, 0.3) is 5.91 Å². The van der Waals surface area contributed by atoms with Gasteiger partial charge in [-0.05, 0) is 56.5 Å². The van der Waals surface area contributed by atoms with Crippen LogP contribution in [-0.4, -0.2) is 57.9 Å². The van der Waals surface area contributed by atoms with Crippen LogP contribution in [0.1, 0.15) is 62.2 Å². The van der Waals surface area contributed by atoms with Gasteiger partial charge in [-0.25, -0.2) is 9.78 Å². The van der Waals surface area contributed by atoms with Crippen LogP contribution in [0.4, 0.5) is 0 Å². The molecule has 148 valence electrons. The van der Waals surface area contributed by atoms with Gasteiger partial charge in [0.1, 0.15) is 9.88 Å². The second-order valence-electron chi connectivity index (χ2n) is 7.62. The fourth-order valence-electron chi connectivity index (χ4n) is 4.10. The molecule has 2 saturated heterocycles. The van der Waals surface area contributed by atoms with E-state index in [0.717, 1.165) is 54.5 Å². The number of rotatable bonds is 5. The van der Waals surface area contributed by atoms with Gasteiger partial charge in [-0.1, -0.05) is 12.1 Å². The van der Waals surface area contributed by atoms with Gasteiger partial charge in [-0.2, -0.15) is 0 Å². The Morgan fingerprint density at radius 2 is 1.86 bits per heavy atom. The van der Waals surface area contributed by atoms with Crippen molar-refractivity contribution >= 4 is 23.2 Å². The number of carbonyl (C=O) groups is 2. The summed E-state index contributed by atoms with van der Waals surface area (Å²) in [4.78, 5) is 33.5. The average Bonchev–Trinajstić information content (AvgIpc) is 3.40. The Labute approximate surface area is 168 Å². The molecular weight excluding hydrogens is 374 g/mol. The number of aromatic carboxylic acids is 1. The maximum absolute atomic E-state index is 13.0. The van der Waals surface area contributed by atoms with Gasteiger partial charge in [-0.3, -0.25) is 9.69 Å². The van der Waals surface area contributed by atoms with E-state index in [1.807, 2.05) is 17.0 Å². The second kappa shape index (κ2) is 8.41. The molecule has 1 amide bonds. The number of piperidine rings is 1. The summed E-state index contributed by atoms with van der Waals surface area (Å²) >= 11 is 1.51. The van der Waals surface area contributed by atoms with Crippen molar-refractivity contribution in [2.75, 3.05) is 26.2 Å². The molecule has 1 N–H and O–H groups in total. The minimum Gasteiger partial charge on any atom is -0.478 e. The monoisotopic (exact) mass is 399 g/mol. The molecular formula is C21H25N3O3S. The maximum atomic E-state index is 13.0. The van der Waals surface area contributed by atoms with E-state index in [9.17, 15) is 9.59 Å². The molecule has 6 nitrogen and oxygen atoms in total. The summed E-state index contributed by atoms with van der Waals surface area (Å²) in [6, 6.07) is 7.05. The zero-order valence-corrected chi connectivity index (χ0v) is 16.7. The highest BCUT2D eigenvalue weighted by Gasteiger charge is 2.27. The van der Waals surface area contributed by atoms with E-state index in [1.54, 1.807) is 18.3 Å². The molecule has 0 saturated carbocycles. The number of thiazole rings is 1. The lowest BCUT2D eigenvalue weighted by Gasteiger charge is -2.32. The van der Waals surface area contributed by atoms with Crippen molar-refractivity contribution in [3.05, 3.63) is 51.5 Å². The van der Waals surface area contributed by atoms with Crippen LogP contribution in [0.2, 0.25) is 0 Å². The van der Waals surface area contributed by atoms with E-state index >= 15 is 0 Å². The Morgan fingerprint density at radius 3 is 2.57 bits per heavy atom. The lowest BCUT2D eigenvalue weighted by molar-refractivity contribution is 0.0694. The molecule has 0 aliphatic carbocycles. The molecule has 1 aromatic heterocycles. The maximum Gasteiger partial charge on any atom is 0.335 e. The van der Waals surface area contributed by atoms with Crippen LogP contribution in [0.15, 0.2) is 30.5 Å². The van der Waals surface area contributed by atoms with E-state index < -0.39 is 5.97 Å². The van der Waals surface area contributed by atoms with Crippen LogP contribution < -0.4 is 0 Å². The number of aromatic nitrogens is 1. The van der Waals surface area contributed by atoms with Gasteiger partial charge >= 0.3 is 5.97 Å². The zero-order valence-electron chi connectivity index (χ0n) is 15.8. The number of hydrogen-bond donors (Lipinski definition) is 1. The van der Waals surface area contributed by atoms with Crippen molar-refractivity contribution in [3.63, 3.8) is 0 Å². The highest BCUT2D eigenvalue weighted by Crippen LogP contribution is 2.29. The minimum absolute atomic E-state index is 0.0667. The second-order valence-corrected chi connectivity index (χ2v) is 8.73. The summed E-state index contributed by atoms with van der Waals surface area (Å²) in [7, 11) is 0. The largest absolute Gasteiger partial charge is 0.478 e. The molecule has 1 aromatic carbocycles. The van der Waals surface area contributed by atoms with Gasteiger partial charge < -0.3 is 10.0 Å². The molecule has 0 radical (unpaired) electrons. The van der Waals surface area contributed by atoms with Crippen molar-refractivity contribution in [3.8, 4) is 0 Å². The first kappa shape index (κ1) is 19.1. The summed E-state index contributed by atoms with van der Waals surface area (Å²) in [6.45, 7) is 4.53. The predicted molar refractivity (Wildman–Crippen MR) is 108 cm³/mol. The van der Waals surface area contributed by atoms with E-state index in [1.165, 1.54) is 24.2 Å². The number of amides is 1. The highest BCUT2D eigenvalue weighted by molar-refractivity contribution is 7.13. The lowest BCUT2D eigenvalue weighted by Crippen LogP contribution is -2.38. The van der Waals surface area contributed by atoms with Crippen molar-refractivity contribution in [1.29, 1.82) is 0 Å². The molecule has 2 aromatic rings. The van der Waals surface area contributed by atoms with E-state index in [-0.39, 0.29) is 11.8 Å². The van der Waals surface area contributed by atoms with Crippen LogP contribution in [0, 0.1) is 0 Å². The molecule has 1 unspecified atom stereocenters. The first-order valence-corrected chi connectivity index (χ1v) is 10.7. The standard InChI is InChI=1S/C21H25N3O3S/c25-20(18-12-22-19(28-18)14-23-9-1-2-10-23)24-11-3-4-17(13-24)15-5-7-16(8-6-15)21(26)27/h5-8,12,17H,1-4,9-11,13-14H2,(H,26,27). The summed E-state index contributed by atoms with van der Waals surface area (Å²) < 4.78 is 0. The van der Waals surface area contributed by atoms with E-state index in [4.69, 9.17) is 5.11 Å². The van der Waals surface area contributed by atoms with Crippen molar-refractivity contribution in [1.82, 2.24) is 14.8 Å².